The molecule has 4 heteroatoms. The fourth-order valence-corrected chi connectivity index (χ4v) is 10.1. The number of ether oxygens (including phenoxy) is 1. The van der Waals surface area contributed by atoms with Crippen molar-refractivity contribution in [2.75, 3.05) is 7.11 Å². The number of Topliss-reactive ketones (excluding diaryl/α,β-unsaturated/α-hetero) is 1. The van der Waals surface area contributed by atoms with Crippen LogP contribution in [-0.2, 0) is 4.79 Å². The first-order chi connectivity index (χ1) is 15.1. The van der Waals surface area contributed by atoms with E-state index < -0.39 is 0 Å². The number of carbonyl (C=O) groups excluding carboxylic acids is 1. The van der Waals surface area contributed by atoms with Gasteiger partial charge in [-0.05, 0) is 0 Å². The average Bonchev–Trinajstić information content (AvgIpc) is 2.83. The van der Waals surface area contributed by atoms with Crippen molar-refractivity contribution in [3.05, 3.63) is 103 Å². The number of methoxy groups -OCH3 is 1. The summed E-state index contributed by atoms with van der Waals surface area (Å²) in [5, 5.41) is 2.26. The van der Waals surface area contributed by atoms with Crippen molar-refractivity contribution < 1.29 is 9.53 Å². The van der Waals surface area contributed by atoms with E-state index in [9.17, 15) is 4.79 Å². The molecule has 0 aromatic heterocycles. The van der Waals surface area contributed by atoms with Crippen molar-refractivity contribution in [3.8, 4) is 5.75 Å². The third-order valence-corrected chi connectivity index (χ3v) is 11.5. The maximum absolute atomic E-state index is 13.7. The molecule has 0 bridgehead atoms. The van der Waals surface area contributed by atoms with Crippen molar-refractivity contribution in [1.29, 1.82) is 0 Å². The number of benzene rings is 4. The molecule has 0 aliphatic heterocycles. The molecule has 0 aliphatic rings. The van der Waals surface area contributed by atoms with Gasteiger partial charge in [-0.1, -0.05) is 0 Å². The molecule has 0 aliphatic carbocycles. The number of hydrogen-bond donors (Lipinski definition) is 0. The fourth-order valence-electron chi connectivity index (χ4n) is 3.39. The number of rotatable bonds is 8. The van der Waals surface area contributed by atoms with Crippen LogP contribution in [0.5, 0.6) is 5.75 Å². The Morgan fingerprint density at radius 2 is 1.29 bits per heavy atom. The van der Waals surface area contributed by atoms with Crippen LogP contribution in [0, 0.1) is 0 Å². The summed E-state index contributed by atoms with van der Waals surface area (Å²) in [6.45, 7) is 2.06. The van der Waals surface area contributed by atoms with Crippen LogP contribution in [0.2, 0.25) is 3.71 Å². The topological polar surface area (TPSA) is 26.3 Å². The molecule has 2 nitrogen and oxygen atoms in total. The normalized spacial score (nSPS) is 12.1. The van der Waals surface area contributed by atoms with E-state index in [1.807, 2.05) is 24.3 Å². The van der Waals surface area contributed by atoms with Gasteiger partial charge in [-0.25, -0.2) is 0 Å². The van der Waals surface area contributed by atoms with E-state index in [-0.39, 0.29) is 39.5 Å². The molecule has 0 unspecified atom stereocenters. The van der Waals surface area contributed by atoms with Crippen LogP contribution in [0.3, 0.4) is 0 Å². The Balaban J connectivity index is 1.61. The zero-order valence-corrected chi connectivity index (χ0v) is 21.0. The first-order valence-corrected chi connectivity index (χ1v) is 13.9. The van der Waals surface area contributed by atoms with Crippen LogP contribution in [0.4, 0.5) is 0 Å². The van der Waals surface area contributed by atoms with E-state index in [1.54, 1.807) is 7.11 Å². The van der Waals surface area contributed by atoms with E-state index in [0.29, 0.717) is 5.78 Å². The van der Waals surface area contributed by atoms with Gasteiger partial charge in [0.25, 0.3) is 0 Å². The Morgan fingerprint density at radius 1 is 0.742 bits per heavy atom. The van der Waals surface area contributed by atoms with Gasteiger partial charge in [0.1, 0.15) is 0 Å². The summed E-state index contributed by atoms with van der Waals surface area (Å²) in [6, 6.07) is 33.3. The van der Waals surface area contributed by atoms with E-state index in [0.717, 1.165) is 22.1 Å². The maximum atomic E-state index is 13.7. The molecule has 4 aromatic rings. The van der Waals surface area contributed by atoms with Gasteiger partial charge >= 0.3 is 197 Å². The summed E-state index contributed by atoms with van der Waals surface area (Å²) in [5.41, 5.74) is 1.08. The van der Waals surface area contributed by atoms with Crippen LogP contribution in [0.25, 0.3) is 10.8 Å². The van der Waals surface area contributed by atoms with Gasteiger partial charge in [-0.2, -0.15) is 0 Å². The van der Waals surface area contributed by atoms with E-state index in [1.165, 1.54) is 8.92 Å². The standard InChI is InChI=1S/C27H24O2Se2/c1-19(20-13-14-22-18-23(29-2)16-15-21(22)17-20)26(28)27(30-24-9-5-3-6-10-24)31-25-11-7-4-8-12-25/h3-19,27H,1-2H3/t19-/m0/s1. The molecule has 4 rings (SSSR count). The summed E-state index contributed by atoms with van der Waals surface area (Å²) in [6.07, 6.45) is 0. The molecule has 4 aromatic carbocycles. The van der Waals surface area contributed by atoms with Crippen molar-refractivity contribution in [1.82, 2.24) is 0 Å². The second kappa shape index (κ2) is 10.3. The minimum atomic E-state index is -0.132. The number of carbonyl (C=O) groups is 1. The van der Waals surface area contributed by atoms with Crippen molar-refractivity contribution >= 4 is 55.4 Å². The van der Waals surface area contributed by atoms with Gasteiger partial charge in [-0.15, -0.1) is 0 Å². The molecule has 0 spiro atoms. The Hall–Kier alpha value is -2.35. The summed E-state index contributed by atoms with van der Waals surface area (Å²) < 4.78 is 7.96. The zero-order valence-electron chi connectivity index (χ0n) is 17.5. The zero-order chi connectivity index (χ0) is 21.6. The minimum absolute atomic E-state index is 0.0614. The number of hydrogen-bond acceptors (Lipinski definition) is 2. The molecule has 0 heterocycles. The molecule has 0 radical (unpaired) electrons. The monoisotopic (exact) mass is 540 g/mol. The van der Waals surface area contributed by atoms with Gasteiger partial charge in [-0.3, -0.25) is 0 Å². The number of fused-ring (bicyclic) bond motifs is 1. The van der Waals surface area contributed by atoms with Gasteiger partial charge < -0.3 is 0 Å². The average molecular weight is 538 g/mol. The molecule has 0 saturated carbocycles. The Labute approximate surface area is 196 Å². The predicted octanol–water partition coefficient (Wildman–Crippen LogP) is 4.33. The number of ketones is 1. The Bertz CT molecular complexity index is 1120. The predicted molar refractivity (Wildman–Crippen MR) is 131 cm³/mol. The third-order valence-electron chi connectivity index (χ3n) is 5.20. The molecule has 0 fully saturated rings. The molecule has 1 atom stereocenters. The van der Waals surface area contributed by atoms with Gasteiger partial charge in [0.2, 0.25) is 0 Å². The molecular formula is C27H24O2Se2. The fraction of sp³-hybridized carbons (Fsp3) is 0.148. The molecule has 0 saturated heterocycles. The summed E-state index contributed by atoms with van der Waals surface area (Å²) in [5.74, 6) is 1.06. The SMILES string of the molecule is COc1ccc2cc([C@H](C)C(=O)C([Se]c3ccccc3)[Se]c3ccccc3)ccc2c1. The molecule has 0 N–H and O–H groups in total. The van der Waals surface area contributed by atoms with Crippen LogP contribution < -0.4 is 13.7 Å². The first kappa shape index (κ1) is 21.9. The summed E-state index contributed by atoms with van der Waals surface area (Å²) in [7, 11) is 1.68. The second-order valence-corrected chi connectivity index (χ2v) is 13.7. The van der Waals surface area contributed by atoms with Crippen LogP contribution in [0.1, 0.15) is 18.4 Å². The van der Waals surface area contributed by atoms with Crippen molar-refractivity contribution in [2.45, 2.75) is 16.6 Å². The van der Waals surface area contributed by atoms with Crippen molar-refractivity contribution in [2.24, 2.45) is 0 Å². The van der Waals surface area contributed by atoms with E-state index in [4.69, 9.17) is 4.74 Å². The quantitative estimate of drug-likeness (QED) is 0.313. The van der Waals surface area contributed by atoms with Crippen LogP contribution >= 0.6 is 0 Å². The third kappa shape index (κ3) is 5.47. The summed E-state index contributed by atoms with van der Waals surface area (Å²) >= 11 is 0.208. The van der Waals surface area contributed by atoms with E-state index in [2.05, 4.69) is 79.7 Å². The molecule has 31 heavy (non-hydrogen) atoms. The van der Waals surface area contributed by atoms with Gasteiger partial charge in [0, 0.05) is 0 Å². The molecular weight excluding hydrogens is 514 g/mol. The van der Waals surface area contributed by atoms with Gasteiger partial charge in [0.15, 0.2) is 0 Å². The van der Waals surface area contributed by atoms with Crippen LogP contribution in [-0.4, -0.2) is 42.8 Å². The second-order valence-electron chi connectivity index (χ2n) is 7.29. The molecule has 0 amide bonds. The van der Waals surface area contributed by atoms with Gasteiger partial charge in [0.05, 0.1) is 0 Å². The first-order valence-electron chi connectivity index (χ1n) is 10.2. The molecule has 156 valence electrons. The Morgan fingerprint density at radius 3 is 1.87 bits per heavy atom. The van der Waals surface area contributed by atoms with E-state index >= 15 is 0 Å². The Kier molecular flexibility index (Phi) is 7.27. The van der Waals surface area contributed by atoms with Crippen molar-refractivity contribution in [3.63, 3.8) is 0 Å². The van der Waals surface area contributed by atoms with Crippen LogP contribution in [0.15, 0.2) is 97.1 Å². The summed E-state index contributed by atoms with van der Waals surface area (Å²) in [4.78, 5) is 13.7.